The van der Waals surface area contributed by atoms with Gasteiger partial charge in [-0.15, -0.1) is 0 Å². The van der Waals surface area contributed by atoms with Gasteiger partial charge in [0.15, 0.2) is 5.82 Å². The lowest BCUT2D eigenvalue weighted by Crippen LogP contribution is -1.86. The fourth-order valence-corrected chi connectivity index (χ4v) is 1.46. The van der Waals surface area contributed by atoms with Gasteiger partial charge in [0.1, 0.15) is 5.82 Å². The summed E-state index contributed by atoms with van der Waals surface area (Å²) < 4.78 is 0. The minimum atomic E-state index is 0.754. The van der Waals surface area contributed by atoms with Crippen molar-refractivity contribution in [1.29, 1.82) is 0 Å². The summed E-state index contributed by atoms with van der Waals surface area (Å²) in [5.41, 5.74) is 2.00. The molecule has 0 fully saturated rings. The smallest absolute Gasteiger partial charge is 0.181 e. The SMILES string of the molecule is CCCc1nc(-c2ccnc(C)c2)n[nH]1. The first kappa shape index (κ1) is 9.83. The van der Waals surface area contributed by atoms with Gasteiger partial charge in [0.05, 0.1) is 0 Å². The van der Waals surface area contributed by atoms with Gasteiger partial charge in [-0.1, -0.05) is 6.92 Å². The monoisotopic (exact) mass is 202 g/mol. The normalized spacial score (nSPS) is 10.5. The number of aromatic amines is 1. The average molecular weight is 202 g/mol. The van der Waals surface area contributed by atoms with E-state index in [1.165, 1.54) is 0 Å². The van der Waals surface area contributed by atoms with Gasteiger partial charge < -0.3 is 0 Å². The number of aromatic nitrogens is 4. The molecule has 0 spiro atoms. The molecule has 0 amide bonds. The van der Waals surface area contributed by atoms with Crippen molar-refractivity contribution < 1.29 is 0 Å². The second kappa shape index (κ2) is 4.21. The molecule has 0 saturated heterocycles. The van der Waals surface area contributed by atoms with Crippen LogP contribution in [0, 0.1) is 6.92 Å². The van der Waals surface area contributed by atoms with E-state index in [0.717, 1.165) is 35.7 Å². The average Bonchev–Trinajstić information content (AvgIpc) is 2.67. The van der Waals surface area contributed by atoms with Crippen LogP contribution in [0.15, 0.2) is 18.3 Å². The van der Waals surface area contributed by atoms with Crippen LogP contribution < -0.4 is 0 Å². The summed E-state index contributed by atoms with van der Waals surface area (Å²) in [5, 5.41) is 7.13. The Balaban J connectivity index is 2.29. The molecule has 1 N–H and O–H groups in total. The van der Waals surface area contributed by atoms with Crippen molar-refractivity contribution in [3.8, 4) is 11.4 Å². The lowest BCUT2D eigenvalue weighted by Gasteiger charge is -1.95. The number of aryl methyl sites for hydroxylation is 2. The fourth-order valence-electron chi connectivity index (χ4n) is 1.46. The molecule has 0 bridgehead atoms. The molecule has 2 rings (SSSR count). The topological polar surface area (TPSA) is 54.5 Å². The third-order valence-electron chi connectivity index (χ3n) is 2.17. The standard InChI is InChI=1S/C11H14N4/c1-3-4-10-13-11(15-14-10)9-5-6-12-8(2)7-9/h5-7H,3-4H2,1-2H3,(H,13,14,15). The number of hydrogen-bond acceptors (Lipinski definition) is 3. The first-order chi connectivity index (χ1) is 7.29. The van der Waals surface area contributed by atoms with Gasteiger partial charge in [-0.05, 0) is 25.5 Å². The fraction of sp³-hybridized carbons (Fsp3) is 0.364. The lowest BCUT2D eigenvalue weighted by molar-refractivity contribution is 0.841. The molecule has 0 radical (unpaired) electrons. The highest BCUT2D eigenvalue weighted by Gasteiger charge is 2.05. The summed E-state index contributed by atoms with van der Waals surface area (Å²) in [4.78, 5) is 8.56. The number of pyridine rings is 1. The van der Waals surface area contributed by atoms with E-state index in [2.05, 4.69) is 27.1 Å². The van der Waals surface area contributed by atoms with Gasteiger partial charge in [0, 0.05) is 23.9 Å². The number of nitrogens with one attached hydrogen (secondary N) is 1. The Labute approximate surface area is 88.8 Å². The Kier molecular flexibility index (Phi) is 2.76. The predicted molar refractivity (Wildman–Crippen MR) is 58.3 cm³/mol. The Morgan fingerprint density at radius 3 is 3.00 bits per heavy atom. The second-order valence-electron chi connectivity index (χ2n) is 3.54. The molecule has 0 saturated carbocycles. The zero-order chi connectivity index (χ0) is 10.7. The quantitative estimate of drug-likeness (QED) is 0.829. The van der Waals surface area contributed by atoms with Crippen molar-refractivity contribution in [2.45, 2.75) is 26.7 Å². The van der Waals surface area contributed by atoms with Gasteiger partial charge in [-0.3, -0.25) is 10.1 Å². The van der Waals surface area contributed by atoms with Gasteiger partial charge in [0.2, 0.25) is 0 Å². The van der Waals surface area contributed by atoms with Crippen LogP contribution in [0.25, 0.3) is 11.4 Å². The molecule has 78 valence electrons. The Bertz CT molecular complexity index is 447. The van der Waals surface area contributed by atoms with E-state index in [0.29, 0.717) is 0 Å². The molecule has 0 aromatic carbocycles. The van der Waals surface area contributed by atoms with Crippen LogP contribution in [0.4, 0.5) is 0 Å². The Morgan fingerprint density at radius 1 is 1.40 bits per heavy atom. The van der Waals surface area contributed by atoms with Gasteiger partial charge in [-0.25, -0.2) is 4.98 Å². The van der Waals surface area contributed by atoms with Crippen LogP contribution in [0.2, 0.25) is 0 Å². The van der Waals surface area contributed by atoms with E-state index in [-0.39, 0.29) is 0 Å². The minimum Gasteiger partial charge on any atom is -0.263 e. The minimum absolute atomic E-state index is 0.754. The maximum absolute atomic E-state index is 4.42. The third kappa shape index (κ3) is 2.21. The molecule has 0 atom stereocenters. The summed E-state index contributed by atoms with van der Waals surface area (Å²) >= 11 is 0. The molecule has 2 aromatic heterocycles. The molecule has 4 nitrogen and oxygen atoms in total. The molecular formula is C11H14N4. The van der Waals surface area contributed by atoms with Crippen LogP contribution in [-0.2, 0) is 6.42 Å². The maximum Gasteiger partial charge on any atom is 0.181 e. The predicted octanol–water partition coefficient (Wildman–Crippen LogP) is 2.13. The largest absolute Gasteiger partial charge is 0.263 e. The number of hydrogen-bond donors (Lipinski definition) is 1. The van der Waals surface area contributed by atoms with E-state index >= 15 is 0 Å². The van der Waals surface area contributed by atoms with E-state index in [1.54, 1.807) is 6.20 Å². The van der Waals surface area contributed by atoms with Crippen molar-refractivity contribution in [2.75, 3.05) is 0 Å². The number of rotatable bonds is 3. The van der Waals surface area contributed by atoms with Crippen LogP contribution in [-0.4, -0.2) is 20.2 Å². The molecule has 15 heavy (non-hydrogen) atoms. The van der Waals surface area contributed by atoms with Gasteiger partial charge in [-0.2, -0.15) is 5.10 Å². The van der Waals surface area contributed by atoms with E-state index in [9.17, 15) is 0 Å². The first-order valence-electron chi connectivity index (χ1n) is 5.14. The summed E-state index contributed by atoms with van der Waals surface area (Å²) in [6.45, 7) is 4.09. The number of nitrogens with zero attached hydrogens (tertiary/aromatic N) is 3. The highest BCUT2D eigenvalue weighted by Crippen LogP contribution is 2.14. The highest BCUT2D eigenvalue weighted by atomic mass is 15.2. The van der Waals surface area contributed by atoms with E-state index in [1.807, 2.05) is 19.1 Å². The molecule has 0 aliphatic heterocycles. The number of H-pyrrole nitrogens is 1. The molecule has 0 unspecified atom stereocenters. The van der Waals surface area contributed by atoms with Gasteiger partial charge in [0.25, 0.3) is 0 Å². The first-order valence-corrected chi connectivity index (χ1v) is 5.14. The molecule has 2 heterocycles. The summed E-state index contributed by atoms with van der Waals surface area (Å²) in [6.07, 6.45) is 3.79. The van der Waals surface area contributed by atoms with Gasteiger partial charge >= 0.3 is 0 Å². The highest BCUT2D eigenvalue weighted by molar-refractivity contribution is 5.54. The van der Waals surface area contributed by atoms with Crippen molar-refractivity contribution in [2.24, 2.45) is 0 Å². The third-order valence-corrected chi connectivity index (χ3v) is 2.17. The zero-order valence-corrected chi connectivity index (χ0v) is 8.99. The van der Waals surface area contributed by atoms with Crippen LogP contribution >= 0.6 is 0 Å². The molecule has 0 aliphatic rings. The van der Waals surface area contributed by atoms with Crippen molar-refractivity contribution in [3.63, 3.8) is 0 Å². The summed E-state index contributed by atoms with van der Waals surface area (Å²) in [6, 6.07) is 3.91. The van der Waals surface area contributed by atoms with E-state index < -0.39 is 0 Å². The molecule has 4 heteroatoms. The zero-order valence-electron chi connectivity index (χ0n) is 8.99. The van der Waals surface area contributed by atoms with Crippen molar-refractivity contribution in [1.82, 2.24) is 20.2 Å². The second-order valence-corrected chi connectivity index (χ2v) is 3.54. The Hall–Kier alpha value is -1.71. The van der Waals surface area contributed by atoms with Crippen molar-refractivity contribution >= 4 is 0 Å². The summed E-state index contributed by atoms with van der Waals surface area (Å²) in [5.74, 6) is 1.70. The van der Waals surface area contributed by atoms with Crippen molar-refractivity contribution in [3.05, 3.63) is 29.8 Å². The van der Waals surface area contributed by atoms with Crippen LogP contribution in [0.3, 0.4) is 0 Å². The lowest BCUT2D eigenvalue weighted by atomic mass is 10.2. The molecule has 2 aromatic rings. The molecule has 0 aliphatic carbocycles. The summed E-state index contributed by atoms with van der Waals surface area (Å²) in [7, 11) is 0. The maximum atomic E-state index is 4.42. The van der Waals surface area contributed by atoms with Crippen LogP contribution in [0.1, 0.15) is 24.9 Å². The molecular weight excluding hydrogens is 188 g/mol. The van der Waals surface area contributed by atoms with E-state index in [4.69, 9.17) is 0 Å². The Morgan fingerprint density at radius 2 is 2.27 bits per heavy atom. The van der Waals surface area contributed by atoms with Crippen LogP contribution in [0.5, 0.6) is 0 Å².